The Morgan fingerprint density at radius 1 is 1.16 bits per heavy atom. The maximum absolute atomic E-state index is 12.7. The fraction of sp³-hybridized carbons (Fsp3) is 0.269. The van der Waals surface area contributed by atoms with Gasteiger partial charge in [0, 0.05) is 27.5 Å². The summed E-state index contributed by atoms with van der Waals surface area (Å²) in [5, 5.41) is 5.81. The summed E-state index contributed by atoms with van der Waals surface area (Å²) in [6, 6.07) is 18.0. The van der Waals surface area contributed by atoms with Gasteiger partial charge in [-0.3, -0.25) is 0 Å². The molecule has 1 aromatic heterocycles. The Balaban J connectivity index is 1.79. The molecule has 0 fully saturated rings. The van der Waals surface area contributed by atoms with Crippen molar-refractivity contribution in [1.82, 2.24) is 9.78 Å². The van der Waals surface area contributed by atoms with Gasteiger partial charge in [0.15, 0.2) is 5.78 Å². The molecule has 2 aliphatic carbocycles. The van der Waals surface area contributed by atoms with Crippen LogP contribution in [0.25, 0.3) is 21.8 Å². The van der Waals surface area contributed by atoms with Gasteiger partial charge in [0.05, 0.1) is 23.6 Å². The molecule has 1 heterocycles. The van der Waals surface area contributed by atoms with E-state index in [-0.39, 0.29) is 23.3 Å². The minimum atomic E-state index is -0.456. The van der Waals surface area contributed by atoms with Crippen molar-refractivity contribution in [3.05, 3.63) is 94.1 Å². The number of rotatable bonds is 2. The summed E-state index contributed by atoms with van der Waals surface area (Å²) in [5.41, 5.74) is 5.05. The van der Waals surface area contributed by atoms with Crippen LogP contribution in [0.2, 0.25) is 5.02 Å². The van der Waals surface area contributed by atoms with Crippen LogP contribution < -0.4 is 0 Å². The zero-order chi connectivity index (χ0) is 21.8. The van der Waals surface area contributed by atoms with E-state index in [1.165, 1.54) is 5.56 Å². The molecule has 0 amide bonds. The van der Waals surface area contributed by atoms with Crippen molar-refractivity contribution in [3.63, 3.8) is 0 Å². The Labute approximate surface area is 187 Å². The first-order valence-corrected chi connectivity index (χ1v) is 10.9. The molecule has 2 aliphatic rings. The highest BCUT2D eigenvalue weighted by molar-refractivity contribution is 6.30. The van der Waals surface area contributed by atoms with Crippen LogP contribution in [0.3, 0.4) is 0 Å². The molecule has 3 aromatic rings. The number of fused-ring (bicyclic) bond motifs is 3. The number of benzene rings is 2. The largest absolute Gasteiger partial charge is 0.308 e. The lowest BCUT2D eigenvalue weighted by Gasteiger charge is -2.44. The maximum atomic E-state index is 12.7. The number of hydrogen-bond acceptors (Lipinski definition) is 2. The Bertz CT molecular complexity index is 1250. The second-order valence-electron chi connectivity index (χ2n) is 8.65. The van der Waals surface area contributed by atoms with Crippen molar-refractivity contribution in [3.8, 4) is 16.9 Å². The summed E-state index contributed by atoms with van der Waals surface area (Å²) in [6.07, 6.45) is 3.62. The highest BCUT2D eigenvalue weighted by Crippen LogP contribution is 2.51. The number of halogens is 1. The van der Waals surface area contributed by atoms with Crippen molar-refractivity contribution >= 4 is 17.4 Å². The van der Waals surface area contributed by atoms with Gasteiger partial charge in [-0.25, -0.2) is 9.53 Å². The Morgan fingerprint density at radius 3 is 2.55 bits per heavy atom. The highest BCUT2D eigenvalue weighted by atomic mass is 35.5. The molecule has 154 valence electrons. The molecule has 0 saturated carbocycles. The van der Waals surface area contributed by atoms with Crippen LogP contribution in [-0.4, -0.2) is 15.6 Å². The average Bonchev–Trinajstić information content (AvgIpc) is 3.18. The number of nitrogens with zero attached hydrogens (tertiary/aromatic N) is 3. The molecular formula is C26H22ClN3O. The van der Waals surface area contributed by atoms with Crippen molar-refractivity contribution in [1.29, 1.82) is 0 Å². The molecular weight excluding hydrogens is 406 g/mol. The number of carbonyl (C=O) groups excluding carboxylic acids is 1. The maximum Gasteiger partial charge on any atom is 0.226 e. The van der Waals surface area contributed by atoms with Crippen LogP contribution in [0.4, 0.5) is 0 Å². The van der Waals surface area contributed by atoms with E-state index in [1.807, 2.05) is 60.1 Å². The van der Waals surface area contributed by atoms with E-state index in [9.17, 15) is 4.79 Å². The number of hydrogen-bond donors (Lipinski definition) is 0. The van der Waals surface area contributed by atoms with Gasteiger partial charge in [-0.1, -0.05) is 61.9 Å². The van der Waals surface area contributed by atoms with Gasteiger partial charge in [0.25, 0.3) is 0 Å². The first kappa shape index (κ1) is 19.8. The zero-order valence-electron chi connectivity index (χ0n) is 17.5. The summed E-state index contributed by atoms with van der Waals surface area (Å²) < 4.78 is 2.00. The minimum absolute atomic E-state index is 0.0404. The van der Waals surface area contributed by atoms with Crippen molar-refractivity contribution in [2.45, 2.75) is 32.1 Å². The Hall–Kier alpha value is -3.16. The minimum Gasteiger partial charge on any atom is -0.308 e. The molecule has 5 heteroatoms. The van der Waals surface area contributed by atoms with E-state index in [0.717, 1.165) is 35.5 Å². The third-order valence-corrected chi connectivity index (χ3v) is 7.17. The molecule has 0 aliphatic heterocycles. The topological polar surface area (TPSA) is 39.2 Å². The van der Waals surface area contributed by atoms with Gasteiger partial charge in [0.1, 0.15) is 0 Å². The van der Waals surface area contributed by atoms with Gasteiger partial charge < -0.3 is 4.79 Å². The molecule has 0 bridgehead atoms. The van der Waals surface area contributed by atoms with E-state index >= 15 is 0 Å². The molecule has 0 unspecified atom stereocenters. The fourth-order valence-corrected chi connectivity index (χ4v) is 5.49. The number of Topliss-reactive ketones (excluding diaryl/α,β-unsaturated/α-hetero) is 1. The van der Waals surface area contributed by atoms with Gasteiger partial charge in [0.2, 0.25) is 5.70 Å². The Kier molecular flexibility index (Phi) is 4.60. The lowest BCUT2D eigenvalue weighted by atomic mass is 9.58. The molecule has 0 radical (unpaired) electrons. The van der Waals surface area contributed by atoms with Crippen LogP contribution in [-0.2, 0) is 16.6 Å². The van der Waals surface area contributed by atoms with Crippen LogP contribution in [0, 0.1) is 18.4 Å². The summed E-state index contributed by atoms with van der Waals surface area (Å²) in [5.74, 6) is -0.0929. The van der Waals surface area contributed by atoms with Crippen LogP contribution >= 0.6 is 11.6 Å². The lowest BCUT2D eigenvalue weighted by Crippen LogP contribution is -2.45. The molecule has 3 atom stereocenters. The average molecular weight is 428 g/mol. The first-order chi connectivity index (χ1) is 14.9. The molecule has 31 heavy (non-hydrogen) atoms. The molecule has 4 nitrogen and oxygen atoms in total. The van der Waals surface area contributed by atoms with Gasteiger partial charge >= 0.3 is 0 Å². The third-order valence-electron chi connectivity index (χ3n) is 6.91. The third kappa shape index (κ3) is 2.96. The highest BCUT2D eigenvalue weighted by Gasteiger charge is 2.50. The summed E-state index contributed by atoms with van der Waals surface area (Å²) in [7, 11) is 0. The SMILES string of the molecule is [C-]#[N+]C1=C[C@@]2(C)c3nn(-c4ccc(Cl)cc4)c(-c4ccccc4)c3CC[C@@H]2[C@@H](C)C1=O. The number of ketones is 1. The molecule has 0 N–H and O–H groups in total. The standard InChI is InChI=1S/C26H22ClN3O/c1-16-21-14-13-20-23(17-7-5-4-6-8-17)30(19-11-9-18(27)10-12-19)29-25(20)26(21,2)15-22(28-3)24(16)31/h4-12,15-16,21H,13-14H2,1-2H3/t16-,21-,26-/m1/s1. The van der Waals surface area contributed by atoms with Crippen LogP contribution in [0.15, 0.2) is 66.4 Å². The molecule has 0 spiro atoms. The molecule has 5 rings (SSSR count). The van der Waals surface area contributed by atoms with Gasteiger partial charge in [-0.15, -0.1) is 0 Å². The summed E-state index contributed by atoms with van der Waals surface area (Å²) in [6.45, 7) is 11.6. The predicted octanol–water partition coefficient (Wildman–Crippen LogP) is 6.03. The smallest absolute Gasteiger partial charge is 0.226 e. The summed E-state index contributed by atoms with van der Waals surface area (Å²) >= 11 is 6.13. The Morgan fingerprint density at radius 2 is 1.87 bits per heavy atom. The summed E-state index contributed by atoms with van der Waals surface area (Å²) in [4.78, 5) is 16.2. The number of carbonyl (C=O) groups is 1. The van der Waals surface area contributed by atoms with Crippen LogP contribution in [0.5, 0.6) is 0 Å². The second kappa shape index (κ2) is 7.21. The van der Waals surface area contributed by atoms with E-state index in [2.05, 4.69) is 23.9 Å². The normalized spacial score (nSPS) is 24.7. The number of aromatic nitrogens is 2. The molecule has 0 saturated heterocycles. The van der Waals surface area contributed by atoms with Crippen molar-refractivity contribution < 1.29 is 4.79 Å². The van der Waals surface area contributed by atoms with E-state index in [0.29, 0.717) is 5.02 Å². The van der Waals surface area contributed by atoms with E-state index in [1.54, 1.807) is 0 Å². The lowest BCUT2D eigenvalue weighted by molar-refractivity contribution is -0.121. The predicted molar refractivity (Wildman–Crippen MR) is 122 cm³/mol. The zero-order valence-corrected chi connectivity index (χ0v) is 18.2. The number of allylic oxidation sites excluding steroid dienone is 2. The quantitative estimate of drug-likeness (QED) is 0.468. The first-order valence-electron chi connectivity index (χ1n) is 10.5. The van der Waals surface area contributed by atoms with Crippen LogP contribution in [0.1, 0.15) is 31.5 Å². The van der Waals surface area contributed by atoms with E-state index < -0.39 is 5.41 Å². The van der Waals surface area contributed by atoms with Crippen molar-refractivity contribution in [2.75, 3.05) is 0 Å². The van der Waals surface area contributed by atoms with Crippen molar-refractivity contribution in [2.24, 2.45) is 11.8 Å². The van der Waals surface area contributed by atoms with Gasteiger partial charge in [-0.2, -0.15) is 5.10 Å². The molecule has 2 aromatic carbocycles. The van der Waals surface area contributed by atoms with E-state index in [4.69, 9.17) is 23.3 Å². The fourth-order valence-electron chi connectivity index (χ4n) is 5.36. The second-order valence-corrected chi connectivity index (χ2v) is 9.09. The monoisotopic (exact) mass is 427 g/mol. The van der Waals surface area contributed by atoms with Gasteiger partial charge in [-0.05, 0) is 43.0 Å².